The third kappa shape index (κ3) is 6.33. The predicted molar refractivity (Wildman–Crippen MR) is 57.6 cm³/mol. The van der Waals surface area contributed by atoms with E-state index in [0.29, 0.717) is 18.1 Å². The first kappa shape index (κ1) is 12.2. The molecule has 13 heavy (non-hydrogen) atoms. The van der Waals surface area contributed by atoms with Crippen molar-refractivity contribution < 1.29 is 4.79 Å². The molecular weight excluding hydrogens is 186 g/mol. The summed E-state index contributed by atoms with van der Waals surface area (Å²) in [4.78, 5) is 12.7. The highest BCUT2D eigenvalue weighted by Gasteiger charge is 2.02. The lowest BCUT2D eigenvalue weighted by molar-refractivity contribution is -0.128. The molecule has 0 aliphatic heterocycles. The topological polar surface area (TPSA) is 44.4 Å². The Morgan fingerprint density at radius 3 is 2.46 bits per heavy atom. The molecule has 0 aromatic heterocycles. The summed E-state index contributed by atoms with van der Waals surface area (Å²) < 4.78 is 0. The van der Waals surface area contributed by atoms with Gasteiger partial charge in [-0.05, 0) is 19.1 Å². The van der Waals surface area contributed by atoms with E-state index in [1.54, 1.807) is 19.0 Å². The summed E-state index contributed by atoms with van der Waals surface area (Å²) in [5, 5.41) is 6.49. The normalized spacial score (nSPS) is 9.15. The van der Waals surface area contributed by atoms with Gasteiger partial charge in [0.05, 0.1) is 0 Å². The second kappa shape index (κ2) is 6.65. The van der Waals surface area contributed by atoms with E-state index in [2.05, 4.69) is 10.6 Å². The molecule has 1 amide bonds. The average Bonchev–Trinajstić information content (AvgIpc) is 2.04. The number of thiocarbonyl (C=S) groups is 1. The van der Waals surface area contributed by atoms with Crippen molar-refractivity contribution in [3.8, 4) is 0 Å². The van der Waals surface area contributed by atoms with Gasteiger partial charge in [0.1, 0.15) is 0 Å². The number of hydrogen-bond donors (Lipinski definition) is 2. The molecule has 4 nitrogen and oxygen atoms in total. The Balaban J connectivity index is 3.45. The molecule has 0 rings (SSSR count). The molecule has 0 fully saturated rings. The Labute approximate surface area is 84.7 Å². The zero-order valence-electron chi connectivity index (χ0n) is 8.39. The Morgan fingerprint density at radius 2 is 2.00 bits per heavy atom. The molecule has 0 radical (unpaired) electrons. The minimum Gasteiger partial charge on any atom is -0.363 e. The second-order valence-corrected chi connectivity index (χ2v) is 3.23. The first-order valence-corrected chi connectivity index (χ1v) is 4.70. The summed E-state index contributed by atoms with van der Waals surface area (Å²) in [6.45, 7) is 3.36. The molecule has 0 heterocycles. The van der Waals surface area contributed by atoms with Crippen LogP contribution in [0.5, 0.6) is 0 Å². The molecule has 0 saturated carbocycles. The maximum Gasteiger partial charge on any atom is 0.223 e. The largest absolute Gasteiger partial charge is 0.363 e. The Bertz CT molecular complexity index is 182. The van der Waals surface area contributed by atoms with Crippen LogP contribution in [0.1, 0.15) is 13.3 Å². The number of carbonyl (C=O) groups is 1. The van der Waals surface area contributed by atoms with Crippen molar-refractivity contribution in [1.82, 2.24) is 15.5 Å². The van der Waals surface area contributed by atoms with Crippen LogP contribution in [0.25, 0.3) is 0 Å². The monoisotopic (exact) mass is 203 g/mol. The molecule has 5 heteroatoms. The van der Waals surface area contributed by atoms with Crippen LogP contribution in [0.4, 0.5) is 0 Å². The van der Waals surface area contributed by atoms with Crippen LogP contribution in [-0.2, 0) is 4.79 Å². The Hall–Kier alpha value is -0.840. The Kier molecular flexibility index (Phi) is 6.22. The number of rotatable bonds is 4. The van der Waals surface area contributed by atoms with Crippen molar-refractivity contribution in [2.75, 3.05) is 27.2 Å². The molecular formula is C8H17N3OS. The fraction of sp³-hybridized carbons (Fsp3) is 0.750. The van der Waals surface area contributed by atoms with Gasteiger partial charge in [0.2, 0.25) is 5.91 Å². The maximum absolute atomic E-state index is 11.1. The highest BCUT2D eigenvalue weighted by Crippen LogP contribution is 1.84. The second-order valence-electron chi connectivity index (χ2n) is 2.82. The SMILES string of the molecule is CCNC(=S)NCCC(=O)N(C)C. The third-order valence-electron chi connectivity index (χ3n) is 1.46. The van der Waals surface area contributed by atoms with Gasteiger partial charge in [0.25, 0.3) is 0 Å². The minimum atomic E-state index is 0.104. The van der Waals surface area contributed by atoms with Gasteiger partial charge in [0.15, 0.2) is 5.11 Å². The van der Waals surface area contributed by atoms with Crippen LogP contribution < -0.4 is 10.6 Å². The van der Waals surface area contributed by atoms with Gasteiger partial charge in [-0.2, -0.15) is 0 Å². The summed E-state index contributed by atoms with van der Waals surface area (Å²) in [6, 6.07) is 0. The number of amides is 1. The van der Waals surface area contributed by atoms with E-state index in [4.69, 9.17) is 12.2 Å². The third-order valence-corrected chi connectivity index (χ3v) is 1.75. The smallest absolute Gasteiger partial charge is 0.223 e. The van der Waals surface area contributed by atoms with Crippen LogP contribution >= 0.6 is 12.2 Å². The van der Waals surface area contributed by atoms with E-state index < -0.39 is 0 Å². The molecule has 0 aromatic carbocycles. The van der Waals surface area contributed by atoms with Crippen LogP contribution in [-0.4, -0.2) is 43.1 Å². The number of nitrogens with one attached hydrogen (secondary N) is 2. The van der Waals surface area contributed by atoms with E-state index in [9.17, 15) is 4.79 Å². The lowest BCUT2D eigenvalue weighted by Crippen LogP contribution is -2.37. The van der Waals surface area contributed by atoms with Crippen molar-refractivity contribution >= 4 is 23.2 Å². The van der Waals surface area contributed by atoms with E-state index in [-0.39, 0.29) is 5.91 Å². The molecule has 2 N–H and O–H groups in total. The maximum atomic E-state index is 11.1. The van der Waals surface area contributed by atoms with Crippen LogP contribution in [0, 0.1) is 0 Å². The molecule has 0 unspecified atom stereocenters. The van der Waals surface area contributed by atoms with Crippen molar-refractivity contribution in [3.05, 3.63) is 0 Å². The predicted octanol–water partition coefficient (Wildman–Crippen LogP) is -0.0513. The zero-order chi connectivity index (χ0) is 10.3. The molecule has 0 atom stereocenters. The van der Waals surface area contributed by atoms with Gasteiger partial charge in [-0.3, -0.25) is 4.79 Å². The fourth-order valence-corrected chi connectivity index (χ4v) is 0.976. The minimum absolute atomic E-state index is 0.104. The van der Waals surface area contributed by atoms with Gasteiger partial charge in [-0.25, -0.2) is 0 Å². The van der Waals surface area contributed by atoms with Crippen molar-refractivity contribution in [3.63, 3.8) is 0 Å². The summed E-state index contributed by atoms with van der Waals surface area (Å²) in [7, 11) is 3.48. The van der Waals surface area contributed by atoms with Crippen molar-refractivity contribution in [2.45, 2.75) is 13.3 Å². The van der Waals surface area contributed by atoms with Crippen LogP contribution in [0.2, 0.25) is 0 Å². The van der Waals surface area contributed by atoms with E-state index in [1.807, 2.05) is 6.92 Å². The molecule has 0 aliphatic rings. The molecule has 76 valence electrons. The van der Waals surface area contributed by atoms with Gasteiger partial charge < -0.3 is 15.5 Å². The van der Waals surface area contributed by atoms with E-state index in [1.165, 1.54) is 0 Å². The summed E-state index contributed by atoms with van der Waals surface area (Å²) >= 11 is 4.92. The van der Waals surface area contributed by atoms with Gasteiger partial charge in [-0.1, -0.05) is 0 Å². The molecule has 0 aromatic rings. The molecule has 0 aliphatic carbocycles. The van der Waals surface area contributed by atoms with Gasteiger partial charge >= 0.3 is 0 Å². The van der Waals surface area contributed by atoms with Gasteiger partial charge in [-0.15, -0.1) is 0 Å². The quantitative estimate of drug-likeness (QED) is 0.629. The first-order valence-electron chi connectivity index (χ1n) is 4.29. The summed E-state index contributed by atoms with van der Waals surface area (Å²) in [5.74, 6) is 0.104. The summed E-state index contributed by atoms with van der Waals surface area (Å²) in [6.07, 6.45) is 0.471. The van der Waals surface area contributed by atoms with E-state index in [0.717, 1.165) is 6.54 Å². The van der Waals surface area contributed by atoms with Crippen LogP contribution in [0.15, 0.2) is 0 Å². The lowest BCUT2D eigenvalue weighted by atomic mass is 10.4. The van der Waals surface area contributed by atoms with Crippen molar-refractivity contribution in [2.24, 2.45) is 0 Å². The Morgan fingerprint density at radius 1 is 1.38 bits per heavy atom. The standard InChI is InChI=1S/C8H17N3OS/c1-4-9-8(13)10-6-5-7(12)11(2)3/h4-6H2,1-3H3,(H2,9,10,13). The van der Waals surface area contributed by atoms with Gasteiger partial charge in [0, 0.05) is 33.6 Å². The summed E-state index contributed by atoms with van der Waals surface area (Å²) in [5.41, 5.74) is 0. The number of hydrogen-bond acceptors (Lipinski definition) is 2. The highest BCUT2D eigenvalue weighted by molar-refractivity contribution is 7.80. The fourth-order valence-electron chi connectivity index (χ4n) is 0.730. The van der Waals surface area contributed by atoms with E-state index >= 15 is 0 Å². The molecule has 0 saturated heterocycles. The average molecular weight is 203 g/mol. The molecule has 0 spiro atoms. The first-order chi connectivity index (χ1) is 6.07. The van der Waals surface area contributed by atoms with Crippen LogP contribution in [0.3, 0.4) is 0 Å². The molecule has 0 bridgehead atoms. The highest BCUT2D eigenvalue weighted by atomic mass is 32.1. The van der Waals surface area contributed by atoms with Crippen molar-refractivity contribution in [1.29, 1.82) is 0 Å². The zero-order valence-corrected chi connectivity index (χ0v) is 9.20. The number of nitrogens with zero attached hydrogens (tertiary/aromatic N) is 1. The lowest BCUT2D eigenvalue weighted by Gasteiger charge is -2.11. The number of carbonyl (C=O) groups excluding carboxylic acids is 1.